The Labute approximate surface area is 257 Å². The maximum Gasteiger partial charge on any atom is 0.407 e. The molecule has 1 N–H and O–H groups in total. The van der Waals surface area contributed by atoms with Crippen LogP contribution in [0.1, 0.15) is 52.0 Å². The third kappa shape index (κ3) is 7.78. The standard InChI is InChI=1S/C31H35F4N5O5/c1-17(45-18(2)41)29(42)39(15-20-14-38(30(43)44)16-25(20)35)26(31(3,4)5)28-36-27(23-12-22(33)9-10-24(23)34)37-40(28)13-19-7-6-8-21(32)11-19/h6-12,17,20,25-26H,13-16H2,1-5H3,(H,43,44)/t17?,20?,25?,26-/m0/s1. The molecule has 3 aromatic rings. The van der Waals surface area contributed by atoms with Crippen LogP contribution < -0.4 is 0 Å². The Morgan fingerprint density at radius 1 is 1.09 bits per heavy atom. The molecule has 14 heteroatoms. The molecule has 45 heavy (non-hydrogen) atoms. The van der Waals surface area contributed by atoms with Crippen molar-refractivity contribution in [2.75, 3.05) is 19.6 Å². The zero-order valence-electron chi connectivity index (χ0n) is 25.5. The van der Waals surface area contributed by atoms with Gasteiger partial charge in [0.1, 0.15) is 23.6 Å². The van der Waals surface area contributed by atoms with Gasteiger partial charge in [-0.05, 0) is 48.2 Å². The number of esters is 1. The molecule has 1 aliphatic heterocycles. The number of carboxylic acid groups (broad SMARTS) is 1. The van der Waals surface area contributed by atoms with Crippen molar-refractivity contribution >= 4 is 18.0 Å². The van der Waals surface area contributed by atoms with Gasteiger partial charge in [-0.1, -0.05) is 32.9 Å². The fourth-order valence-corrected chi connectivity index (χ4v) is 5.53. The molecule has 10 nitrogen and oxygen atoms in total. The van der Waals surface area contributed by atoms with Crippen molar-refractivity contribution in [1.29, 1.82) is 0 Å². The molecule has 0 spiro atoms. The lowest BCUT2D eigenvalue weighted by molar-refractivity contribution is -0.160. The summed E-state index contributed by atoms with van der Waals surface area (Å²) in [7, 11) is 0. The number of hydrogen-bond donors (Lipinski definition) is 1. The van der Waals surface area contributed by atoms with Gasteiger partial charge < -0.3 is 19.6 Å². The second-order valence-corrected chi connectivity index (χ2v) is 12.2. The summed E-state index contributed by atoms with van der Waals surface area (Å²) in [5, 5.41) is 13.9. The van der Waals surface area contributed by atoms with Crippen molar-refractivity contribution in [2.24, 2.45) is 11.3 Å². The quantitative estimate of drug-likeness (QED) is 0.254. The Bertz CT molecular complexity index is 1580. The summed E-state index contributed by atoms with van der Waals surface area (Å²) in [5.41, 5.74) is -0.708. The van der Waals surface area contributed by atoms with Crippen LogP contribution in [0.2, 0.25) is 0 Å². The van der Waals surface area contributed by atoms with Gasteiger partial charge in [0, 0.05) is 25.9 Å². The summed E-state index contributed by atoms with van der Waals surface area (Å²) >= 11 is 0. The lowest BCUT2D eigenvalue weighted by atomic mass is 9.84. The molecule has 1 aromatic heterocycles. The molecule has 242 valence electrons. The van der Waals surface area contributed by atoms with E-state index in [2.05, 4.69) is 10.1 Å². The number of hydrogen-bond acceptors (Lipinski definition) is 6. The summed E-state index contributed by atoms with van der Waals surface area (Å²) in [6.45, 7) is 6.81. The summed E-state index contributed by atoms with van der Waals surface area (Å²) in [5.74, 6) is -4.61. The summed E-state index contributed by atoms with van der Waals surface area (Å²) in [6.07, 6.45) is -4.24. The number of halogens is 4. The van der Waals surface area contributed by atoms with E-state index >= 15 is 4.39 Å². The van der Waals surface area contributed by atoms with Crippen LogP contribution in [0, 0.1) is 28.8 Å². The lowest BCUT2D eigenvalue weighted by Gasteiger charge is -2.41. The first-order valence-electron chi connectivity index (χ1n) is 14.3. The van der Waals surface area contributed by atoms with E-state index in [1.54, 1.807) is 26.8 Å². The average Bonchev–Trinajstić information content (AvgIpc) is 3.51. The van der Waals surface area contributed by atoms with Gasteiger partial charge >= 0.3 is 12.1 Å². The SMILES string of the molecule is CC(=O)OC(C)C(=O)N(CC1CN(C(=O)O)CC1F)[C@@H](c1nc(-c2cc(F)ccc2F)nn1Cc1cccc(F)c1)C(C)(C)C. The second kappa shape index (κ2) is 13.2. The van der Waals surface area contributed by atoms with Gasteiger partial charge in [0.15, 0.2) is 17.8 Å². The molecule has 0 radical (unpaired) electrons. The van der Waals surface area contributed by atoms with Gasteiger partial charge in [0.2, 0.25) is 0 Å². The van der Waals surface area contributed by atoms with Crippen molar-refractivity contribution in [3.63, 3.8) is 0 Å². The molecule has 3 unspecified atom stereocenters. The molecule has 0 aliphatic carbocycles. The van der Waals surface area contributed by atoms with Crippen molar-refractivity contribution < 1.29 is 41.8 Å². The highest BCUT2D eigenvalue weighted by molar-refractivity contribution is 5.83. The zero-order valence-corrected chi connectivity index (χ0v) is 25.5. The Kier molecular flexibility index (Phi) is 9.83. The van der Waals surface area contributed by atoms with Gasteiger partial charge in [-0.15, -0.1) is 0 Å². The van der Waals surface area contributed by atoms with Gasteiger partial charge in [0.25, 0.3) is 5.91 Å². The Morgan fingerprint density at radius 3 is 2.38 bits per heavy atom. The largest absolute Gasteiger partial charge is 0.465 e. The van der Waals surface area contributed by atoms with E-state index in [4.69, 9.17) is 4.74 Å². The summed E-state index contributed by atoms with van der Waals surface area (Å²) < 4.78 is 65.0. The number of aromatic nitrogens is 3. The number of ether oxygens (including phenoxy) is 1. The molecule has 1 fully saturated rings. The van der Waals surface area contributed by atoms with Crippen LogP contribution in [0.25, 0.3) is 11.4 Å². The molecule has 0 bridgehead atoms. The fraction of sp³-hybridized carbons (Fsp3) is 0.452. The molecule has 4 atom stereocenters. The minimum Gasteiger partial charge on any atom is -0.465 e. The van der Waals surface area contributed by atoms with Gasteiger partial charge in [-0.3, -0.25) is 9.59 Å². The number of rotatable bonds is 9. The third-order valence-corrected chi connectivity index (χ3v) is 7.50. The second-order valence-electron chi connectivity index (χ2n) is 12.2. The first-order valence-corrected chi connectivity index (χ1v) is 14.3. The average molecular weight is 634 g/mol. The molecule has 2 aromatic carbocycles. The fourth-order valence-electron chi connectivity index (χ4n) is 5.53. The van der Waals surface area contributed by atoms with E-state index in [0.29, 0.717) is 5.56 Å². The highest BCUT2D eigenvalue weighted by Gasteiger charge is 2.45. The van der Waals surface area contributed by atoms with Crippen LogP contribution in [0.5, 0.6) is 0 Å². The normalized spacial score (nSPS) is 18.0. The van der Waals surface area contributed by atoms with E-state index in [-0.39, 0.29) is 43.4 Å². The molecule has 2 amide bonds. The van der Waals surface area contributed by atoms with E-state index in [1.165, 1.54) is 34.7 Å². The first kappa shape index (κ1) is 33.4. The highest BCUT2D eigenvalue weighted by atomic mass is 19.1. The minimum absolute atomic E-state index is 0.0808. The third-order valence-electron chi connectivity index (χ3n) is 7.50. The monoisotopic (exact) mass is 633 g/mol. The molecule has 1 aliphatic rings. The van der Waals surface area contributed by atoms with E-state index in [0.717, 1.165) is 30.0 Å². The van der Waals surface area contributed by atoms with E-state index < -0.39 is 65.1 Å². The Balaban J connectivity index is 1.90. The summed E-state index contributed by atoms with van der Waals surface area (Å²) in [6, 6.07) is 7.36. The van der Waals surface area contributed by atoms with Crippen molar-refractivity contribution in [2.45, 2.75) is 59.5 Å². The summed E-state index contributed by atoms with van der Waals surface area (Å²) in [4.78, 5) is 44.2. The van der Waals surface area contributed by atoms with Gasteiger partial charge in [-0.2, -0.15) is 5.10 Å². The zero-order chi connectivity index (χ0) is 33.2. The Hall–Kier alpha value is -4.49. The number of carbonyl (C=O) groups is 3. The molecule has 4 rings (SSSR count). The number of likely N-dealkylation sites (tertiary alicyclic amines) is 1. The van der Waals surface area contributed by atoms with Crippen LogP contribution in [0.4, 0.5) is 22.4 Å². The molecule has 2 heterocycles. The first-order chi connectivity index (χ1) is 21.0. The number of amides is 2. The maximum absolute atomic E-state index is 15.2. The minimum atomic E-state index is -1.61. The Morgan fingerprint density at radius 2 is 1.78 bits per heavy atom. The topological polar surface area (TPSA) is 118 Å². The molecular weight excluding hydrogens is 598 g/mol. The lowest BCUT2D eigenvalue weighted by Crippen LogP contribution is -2.50. The molecule has 0 saturated carbocycles. The predicted molar refractivity (Wildman–Crippen MR) is 154 cm³/mol. The van der Waals surface area contributed by atoms with Crippen LogP contribution >= 0.6 is 0 Å². The smallest absolute Gasteiger partial charge is 0.407 e. The van der Waals surface area contributed by atoms with Crippen molar-refractivity contribution in [3.8, 4) is 11.4 Å². The highest BCUT2D eigenvalue weighted by Crippen LogP contribution is 2.40. The van der Waals surface area contributed by atoms with Crippen LogP contribution in [0.15, 0.2) is 42.5 Å². The molecular formula is C31H35F4N5O5. The van der Waals surface area contributed by atoms with E-state index in [9.17, 15) is 32.7 Å². The number of carbonyl (C=O) groups excluding carboxylic acids is 2. The van der Waals surface area contributed by atoms with Gasteiger partial charge in [0.05, 0.1) is 24.7 Å². The predicted octanol–water partition coefficient (Wildman–Crippen LogP) is 5.23. The number of benzene rings is 2. The van der Waals surface area contributed by atoms with Crippen molar-refractivity contribution in [3.05, 3.63) is 71.3 Å². The van der Waals surface area contributed by atoms with Crippen LogP contribution in [0.3, 0.4) is 0 Å². The molecule has 1 saturated heterocycles. The van der Waals surface area contributed by atoms with Crippen molar-refractivity contribution in [1.82, 2.24) is 24.6 Å². The number of alkyl halides is 1. The van der Waals surface area contributed by atoms with Crippen LogP contribution in [-0.4, -0.2) is 79.6 Å². The number of nitrogens with zero attached hydrogens (tertiary/aromatic N) is 5. The van der Waals surface area contributed by atoms with Crippen LogP contribution in [-0.2, 0) is 20.9 Å². The van der Waals surface area contributed by atoms with Gasteiger partial charge in [-0.25, -0.2) is 32.0 Å². The maximum atomic E-state index is 15.2. The van der Waals surface area contributed by atoms with E-state index in [1.807, 2.05) is 0 Å².